The number of hydrogen-bond donors (Lipinski definition) is 0. The predicted octanol–water partition coefficient (Wildman–Crippen LogP) is 2.56. The molecule has 0 radical (unpaired) electrons. The average Bonchev–Trinajstić information content (AvgIpc) is 2.80. The smallest absolute Gasteiger partial charge is 0.222 e. The number of carbonyl (C=O) groups excluding carboxylic acids is 1. The molecule has 1 aliphatic heterocycles. The highest BCUT2D eigenvalue weighted by molar-refractivity contribution is 5.76. The highest BCUT2D eigenvalue weighted by atomic mass is 16.5. The number of rotatable bonds is 7. The first-order valence-corrected chi connectivity index (χ1v) is 6.66. The second kappa shape index (κ2) is 8.00. The van der Waals surface area contributed by atoms with Gasteiger partial charge in [0.25, 0.3) is 0 Å². The number of likely N-dealkylation sites (tertiary alicyclic amines) is 1. The van der Waals surface area contributed by atoms with Gasteiger partial charge < -0.3 is 9.64 Å². The van der Waals surface area contributed by atoms with E-state index in [0.29, 0.717) is 13.0 Å². The van der Waals surface area contributed by atoms with E-state index in [-0.39, 0.29) is 11.9 Å². The summed E-state index contributed by atoms with van der Waals surface area (Å²) in [6.45, 7) is 3.53. The zero-order valence-electron chi connectivity index (χ0n) is 10.8. The predicted molar refractivity (Wildman–Crippen MR) is 68.3 cm³/mol. The molecular weight excluding hydrogens is 214 g/mol. The highest BCUT2D eigenvalue weighted by Gasteiger charge is 2.28. The molecule has 1 heterocycles. The molecule has 0 saturated carbocycles. The number of unbranched alkanes of at least 4 members (excludes halogenated alkanes) is 3. The number of ether oxygens (including phenoxy) is 1. The van der Waals surface area contributed by atoms with Gasteiger partial charge in [-0.15, -0.1) is 0 Å². The Hall–Kier alpha value is -1.17. The van der Waals surface area contributed by atoms with Crippen LogP contribution in [0.3, 0.4) is 0 Å². The molecular formula is C14H23NO2. The molecule has 1 amide bonds. The fraction of sp³-hybridized carbons (Fsp3) is 0.786. The van der Waals surface area contributed by atoms with Crippen molar-refractivity contribution < 1.29 is 9.53 Å². The maximum Gasteiger partial charge on any atom is 0.222 e. The summed E-state index contributed by atoms with van der Waals surface area (Å²) >= 11 is 0. The number of hydrogen-bond acceptors (Lipinski definition) is 2. The molecule has 1 fully saturated rings. The molecule has 0 spiro atoms. The van der Waals surface area contributed by atoms with Crippen molar-refractivity contribution in [2.24, 2.45) is 0 Å². The molecule has 17 heavy (non-hydrogen) atoms. The van der Waals surface area contributed by atoms with Crippen LogP contribution in [-0.2, 0) is 9.53 Å². The first-order chi connectivity index (χ1) is 8.29. The van der Waals surface area contributed by atoms with Crippen LogP contribution in [0.1, 0.15) is 51.9 Å². The Bertz CT molecular complexity index is 270. The van der Waals surface area contributed by atoms with Crippen LogP contribution in [0.15, 0.2) is 0 Å². The van der Waals surface area contributed by atoms with E-state index in [1.165, 1.54) is 12.8 Å². The maximum absolute atomic E-state index is 12.0. The molecule has 1 rings (SSSR count). The molecule has 0 unspecified atom stereocenters. The first-order valence-electron chi connectivity index (χ1n) is 6.66. The third kappa shape index (κ3) is 4.68. The van der Waals surface area contributed by atoms with Crippen molar-refractivity contribution in [1.82, 2.24) is 4.90 Å². The highest BCUT2D eigenvalue weighted by Crippen LogP contribution is 2.19. The Balaban J connectivity index is 2.27. The molecule has 1 saturated heterocycles. The van der Waals surface area contributed by atoms with Crippen molar-refractivity contribution in [3.8, 4) is 12.5 Å². The molecule has 1 aliphatic rings. The van der Waals surface area contributed by atoms with E-state index < -0.39 is 0 Å². The largest absolute Gasteiger partial charge is 0.445 e. The van der Waals surface area contributed by atoms with Gasteiger partial charge in [0, 0.05) is 13.0 Å². The van der Waals surface area contributed by atoms with Crippen LogP contribution in [0.25, 0.3) is 0 Å². The summed E-state index contributed by atoms with van der Waals surface area (Å²) in [5.41, 5.74) is 0. The lowest BCUT2D eigenvalue weighted by molar-refractivity contribution is -0.132. The van der Waals surface area contributed by atoms with Crippen LogP contribution in [0, 0.1) is 12.5 Å². The van der Waals surface area contributed by atoms with Crippen molar-refractivity contribution in [3.05, 3.63) is 0 Å². The summed E-state index contributed by atoms with van der Waals surface area (Å²) in [6.07, 6.45) is 14.6. The van der Waals surface area contributed by atoms with E-state index in [4.69, 9.17) is 11.2 Å². The van der Waals surface area contributed by atoms with Gasteiger partial charge in [-0.1, -0.05) is 32.6 Å². The van der Waals surface area contributed by atoms with E-state index in [0.717, 1.165) is 32.2 Å². The van der Waals surface area contributed by atoms with Gasteiger partial charge in [-0.3, -0.25) is 4.79 Å². The molecule has 96 valence electrons. The normalized spacial score (nSPS) is 19.1. The minimum absolute atomic E-state index is 0.199. The van der Waals surface area contributed by atoms with Gasteiger partial charge in [-0.25, -0.2) is 0 Å². The summed E-state index contributed by atoms with van der Waals surface area (Å²) in [5.74, 6) is 0.268. The minimum Gasteiger partial charge on any atom is -0.445 e. The van der Waals surface area contributed by atoms with E-state index in [1.807, 2.05) is 4.90 Å². The van der Waals surface area contributed by atoms with Gasteiger partial charge in [0.2, 0.25) is 5.91 Å². The van der Waals surface area contributed by atoms with Crippen molar-refractivity contribution >= 4 is 5.91 Å². The lowest BCUT2D eigenvalue weighted by Gasteiger charge is -2.23. The SMILES string of the molecule is C#COC[C@@H]1CCCN1C(=O)CCCCCC. The van der Waals surface area contributed by atoms with Crippen LogP contribution in [0.4, 0.5) is 0 Å². The quantitative estimate of drug-likeness (QED) is 0.503. The standard InChI is InChI=1S/C14H23NO2/c1-3-5-6-7-10-14(16)15-11-8-9-13(15)12-17-4-2/h2,13H,3,5-12H2,1H3/t13-/m0/s1. The van der Waals surface area contributed by atoms with E-state index >= 15 is 0 Å². The lowest BCUT2D eigenvalue weighted by atomic mass is 10.1. The summed E-state index contributed by atoms with van der Waals surface area (Å²) in [4.78, 5) is 13.9. The fourth-order valence-corrected chi connectivity index (χ4v) is 2.33. The van der Waals surface area contributed by atoms with Crippen molar-refractivity contribution in [2.45, 2.75) is 57.9 Å². The molecule has 3 heteroatoms. The summed E-state index contributed by atoms with van der Waals surface area (Å²) in [7, 11) is 0. The Morgan fingerprint density at radius 2 is 2.29 bits per heavy atom. The summed E-state index contributed by atoms with van der Waals surface area (Å²) in [5, 5.41) is 0. The molecule has 0 N–H and O–H groups in total. The van der Waals surface area contributed by atoms with Crippen LogP contribution in [0.5, 0.6) is 0 Å². The first kappa shape index (κ1) is 13.9. The van der Waals surface area contributed by atoms with Gasteiger partial charge in [0.15, 0.2) is 0 Å². The number of terminal acetylenes is 1. The third-order valence-electron chi connectivity index (χ3n) is 3.30. The van der Waals surface area contributed by atoms with Crippen molar-refractivity contribution in [2.75, 3.05) is 13.2 Å². The lowest BCUT2D eigenvalue weighted by Crippen LogP contribution is -2.37. The molecule has 0 aromatic heterocycles. The Morgan fingerprint density at radius 1 is 1.47 bits per heavy atom. The summed E-state index contributed by atoms with van der Waals surface area (Å²) < 4.78 is 4.97. The van der Waals surface area contributed by atoms with Gasteiger partial charge in [0.1, 0.15) is 12.7 Å². The van der Waals surface area contributed by atoms with Crippen LogP contribution in [0.2, 0.25) is 0 Å². The molecule has 1 atom stereocenters. The zero-order valence-corrected chi connectivity index (χ0v) is 10.8. The fourth-order valence-electron chi connectivity index (χ4n) is 2.33. The molecule has 3 nitrogen and oxygen atoms in total. The van der Waals surface area contributed by atoms with Crippen molar-refractivity contribution in [3.63, 3.8) is 0 Å². The molecule has 0 bridgehead atoms. The molecule has 0 aromatic rings. The topological polar surface area (TPSA) is 29.5 Å². The maximum atomic E-state index is 12.0. The third-order valence-corrected chi connectivity index (χ3v) is 3.30. The van der Waals surface area contributed by atoms with Gasteiger partial charge in [0.05, 0.1) is 6.04 Å². The van der Waals surface area contributed by atoms with E-state index in [1.54, 1.807) is 0 Å². The zero-order chi connectivity index (χ0) is 12.5. The number of nitrogens with zero attached hydrogens (tertiary/aromatic N) is 1. The summed E-state index contributed by atoms with van der Waals surface area (Å²) in [6, 6.07) is 0.199. The van der Waals surface area contributed by atoms with E-state index in [9.17, 15) is 4.79 Å². The second-order valence-corrected chi connectivity index (χ2v) is 4.62. The molecule has 0 aromatic carbocycles. The average molecular weight is 237 g/mol. The van der Waals surface area contributed by atoms with Crippen LogP contribution >= 0.6 is 0 Å². The van der Waals surface area contributed by atoms with Gasteiger partial charge in [-0.05, 0) is 19.3 Å². The Labute approximate surface area is 105 Å². The van der Waals surface area contributed by atoms with E-state index in [2.05, 4.69) is 13.0 Å². The Morgan fingerprint density at radius 3 is 3.00 bits per heavy atom. The van der Waals surface area contributed by atoms with Crippen molar-refractivity contribution in [1.29, 1.82) is 0 Å². The van der Waals surface area contributed by atoms with Crippen LogP contribution < -0.4 is 0 Å². The molecule has 0 aliphatic carbocycles. The minimum atomic E-state index is 0.199. The van der Waals surface area contributed by atoms with Gasteiger partial charge >= 0.3 is 0 Å². The Kier molecular flexibility index (Phi) is 6.54. The number of carbonyl (C=O) groups is 1. The monoisotopic (exact) mass is 237 g/mol. The number of amides is 1. The van der Waals surface area contributed by atoms with Crippen LogP contribution in [-0.4, -0.2) is 30.0 Å². The van der Waals surface area contributed by atoms with Gasteiger partial charge in [-0.2, -0.15) is 0 Å². The second-order valence-electron chi connectivity index (χ2n) is 4.62.